The fourth-order valence-electron chi connectivity index (χ4n) is 1.36. The van der Waals surface area contributed by atoms with Gasteiger partial charge in [0.1, 0.15) is 5.69 Å². The lowest BCUT2D eigenvalue weighted by atomic mass is 10.2. The van der Waals surface area contributed by atoms with E-state index in [0.29, 0.717) is 17.1 Å². The second-order valence-electron chi connectivity index (χ2n) is 3.30. The van der Waals surface area contributed by atoms with Gasteiger partial charge in [0.2, 0.25) is 0 Å². The van der Waals surface area contributed by atoms with E-state index < -0.39 is 10.9 Å². The van der Waals surface area contributed by atoms with Crippen LogP contribution >= 0.6 is 11.8 Å². The Morgan fingerprint density at radius 2 is 2.28 bits per heavy atom. The zero-order chi connectivity index (χ0) is 13.5. The van der Waals surface area contributed by atoms with Crippen molar-refractivity contribution in [2.24, 2.45) is 0 Å². The molecule has 0 fully saturated rings. The Morgan fingerprint density at radius 1 is 1.56 bits per heavy atom. The van der Waals surface area contributed by atoms with Gasteiger partial charge in [-0.05, 0) is 19.1 Å². The number of para-hydroxylation sites is 1. The number of nitro benzene ring substituents is 1. The first-order valence-corrected chi connectivity index (χ1v) is 6.29. The van der Waals surface area contributed by atoms with E-state index in [2.05, 4.69) is 10.1 Å². The van der Waals surface area contributed by atoms with Crippen molar-refractivity contribution in [1.82, 2.24) is 0 Å². The van der Waals surface area contributed by atoms with E-state index in [1.807, 2.05) is 6.92 Å². The summed E-state index contributed by atoms with van der Waals surface area (Å²) in [4.78, 5) is 22.1. The molecule has 18 heavy (non-hydrogen) atoms. The number of nitrogens with one attached hydrogen (secondary N) is 1. The Balaban J connectivity index is 2.99. The van der Waals surface area contributed by atoms with E-state index in [1.54, 1.807) is 18.2 Å². The van der Waals surface area contributed by atoms with Gasteiger partial charge in [-0.25, -0.2) is 0 Å². The molecule has 0 bridgehead atoms. The van der Waals surface area contributed by atoms with Gasteiger partial charge in [0, 0.05) is 6.54 Å². The summed E-state index contributed by atoms with van der Waals surface area (Å²) < 4.78 is 4.50. The third kappa shape index (κ3) is 3.63. The smallest absolute Gasteiger partial charge is 0.315 e. The zero-order valence-electron chi connectivity index (χ0n) is 10.1. The largest absolute Gasteiger partial charge is 0.468 e. The normalized spacial score (nSPS) is 9.89. The topological polar surface area (TPSA) is 81.5 Å². The van der Waals surface area contributed by atoms with Gasteiger partial charge >= 0.3 is 11.7 Å². The summed E-state index contributed by atoms with van der Waals surface area (Å²) in [6.45, 7) is 2.45. The Hall–Kier alpha value is -1.76. The molecular formula is C11H14N2O4S. The summed E-state index contributed by atoms with van der Waals surface area (Å²) in [7, 11) is 1.28. The van der Waals surface area contributed by atoms with Crippen molar-refractivity contribution in [3.05, 3.63) is 28.3 Å². The molecule has 0 aliphatic carbocycles. The molecule has 7 heteroatoms. The minimum absolute atomic E-state index is 0.00625. The van der Waals surface area contributed by atoms with Crippen molar-refractivity contribution in [3.8, 4) is 0 Å². The highest BCUT2D eigenvalue weighted by atomic mass is 32.2. The summed E-state index contributed by atoms with van der Waals surface area (Å²) in [5.74, 6) is -0.365. The molecular weight excluding hydrogens is 256 g/mol. The predicted molar refractivity (Wildman–Crippen MR) is 70.0 cm³/mol. The van der Waals surface area contributed by atoms with E-state index in [4.69, 9.17) is 0 Å². The van der Waals surface area contributed by atoms with Crippen LogP contribution in [0.15, 0.2) is 23.1 Å². The average molecular weight is 270 g/mol. The summed E-state index contributed by atoms with van der Waals surface area (Å²) in [5.41, 5.74) is 0.450. The molecule has 1 rings (SSSR count). The average Bonchev–Trinajstić information content (AvgIpc) is 2.36. The number of carbonyl (C=O) groups excluding carboxylic acids is 1. The monoisotopic (exact) mass is 270 g/mol. The number of carbonyl (C=O) groups is 1. The number of hydrogen-bond donors (Lipinski definition) is 1. The minimum Gasteiger partial charge on any atom is -0.468 e. The third-order valence-electron chi connectivity index (χ3n) is 2.12. The first kappa shape index (κ1) is 14.3. The minimum atomic E-state index is -0.447. The Kier molecular flexibility index (Phi) is 5.44. The van der Waals surface area contributed by atoms with Crippen LogP contribution < -0.4 is 5.32 Å². The van der Waals surface area contributed by atoms with Crippen molar-refractivity contribution >= 4 is 29.1 Å². The molecule has 6 nitrogen and oxygen atoms in total. The lowest BCUT2D eigenvalue weighted by Gasteiger charge is -2.08. The number of nitrogens with zero attached hydrogens (tertiary/aromatic N) is 1. The van der Waals surface area contributed by atoms with Gasteiger partial charge in [-0.3, -0.25) is 14.9 Å². The first-order valence-electron chi connectivity index (χ1n) is 5.31. The number of hydrogen-bond acceptors (Lipinski definition) is 6. The number of thioether (sulfide) groups is 1. The molecule has 0 unspecified atom stereocenters. The molecule has 98 valence electrons. The van der Waals surface area contributed by atoms with Crippen LogP contribution in [0, 0.1) is 10.1 Å². The molecule has 0 aliphatic heterocycles. The van der Waals surface area contributed by atoms with Crippen molar-refractivity contribution in [2.75, 3.05) is 24.7 Å². The summed E-state index contributed by atoms with van der Waals surface area (Å²) >= 11 is 1.09. The van der Waals surface area contributed by atoms with Gasteiger partial charge in [-0.2, -0.15) is 0 Å². The van der Waals surface area contributed by atoms with Gasteiger partial charge in [-0.15, -0.1) is 11.8 Å². The van der Waals surface area contributed by atoms with Crippen molar-refractivity contribution < 1.29 is 14.5 Å². The van der Waals surface area contributed by atoms with Gasteiger partial charge < -0.3 is 10.1 Å². The van der Waals surface area contributed by atoms with E-state index in [1.165, 1.54) is 7.11 Å². The zero-order valence-corrected chi connectivity index (χ0v) is 11.0. The van der Waals surface area contributed by atoms with Crippen molar-refractivity contribution in [3.63, 3.8) is 0 Å². The Bertz CT molecular complexity index is 451. The maximum atomic E-state index is 11.1. The summed E-state index contributed by atoms with van der Waals surface area (Å²) in [6, 6.07) is 4.97. The predicted octanol–water partition coefficient (Wildman–Crippen LogP) is 2.29. The molecule has 1 N–H and O–H groups in total. The fourth-order valence-corrected chi connectivity index (χ4v) is 2.24. The third-order valence-corrected chi connectivity index (χ3v) is 3.14. The highest BCUT2D eigenvalue weighted by molar-refractivity contribution is 8.00. The highest BCUT2D eigenvalue weighted by Crippen LogP contribution is 2.35. The van der Waals surface area contributed by atoms with Gasteiger partial charge in [0.15, 0.2) is 0 Å². The molecule has 0 saturated heterocycles. The Labute approximate surface area is 109 Å². The van der Waals surface area contributed by atoms with Crippen LogP contribution in [-0.2, 0) is 9.53 Å². The van der Waals surface area contributed by atoms with Crippen LogP contribution in [0.5, 0.6) is 0 Å². The van der Waals surface area contributed by atoms with Gasteiger partial charge in [0.25, 0.3) is 0 Å². The highest BCUT2D eigenvalue weighted by Gasteiger charge is 2.20. The molecule has 0 radical (unpaired) electrons. The molecule has 0 spiro atoms. The van der Waals surface area contributed by atoms with Crippen molar-refractivity contribution in [1.29, 1.82) is 0 Å². The molecule has 0 heterocycles. The SMILES string of the molecule is CCNc1cccc(SCC(=O)OC)c1[N+](=O)[O-]. The molecule has 0 amide bonds. The number of rotatable bonds is 6. The van der Waals surface area contributed by atoms with Crippen LogP contribution in [0.1, 0.15) is 6.92 Å². The maximum Gasteiger partial charge on any atom is 0.315 e. The summed E-state index contributed by atoms with van der Waals surface area (Å²) in [6.07, 6.45) is 0. The number of benzene rings is 1. The summed E-state index contributed by atoms with van der Waals surface area (Å²) in [5, 5.41) is 14.0. The standard InChI is InChI=1S/C11H14N2O4S/c1-3-12-8-5-4-6-9(11(8)13(15)16)18-7-10(14)17-2/h4-6,12H,3,7H2,1-2H3. The van der Waals surface area contributed by atoms with Crippen LogP contribution in [0.4, 0.5) is 11.4 Å². The lowest BCUT2D eigenvalue weighted by molar-refractivity contribution is -0.386. The van der Waals surface area contributed by atoms with E-state index in [9.17, 15) is 14.9 Å². The van der Waals surface area contributed by atoms with Crippen LogP contribution in [0.2, 0.25) is 0 Å². The molecule has 1 aromatic rings. The Morgan fingerprint density at radius 3 is 2.83 bits per heavy atom. The number of esters is 1. The quantitative estimate of drug-likeness (QED) is 0.369. The fraction of sp³-hybridized carbons (Fsp3) is 0.364. The number of methoxy groups -OCH3 is 1. The molecule has 0 atom stereocenters. The van der Waals surface area contributed by atoms with E-state index in [0.717, 1.165) is 11.8 Å². The first-order chi connectivity index (χ1) is 8.60. The molecule has 1 aromatic carbocycles. The number of anilines is 1. The maximum absolute atomic E-state index is 11.1. The van der Waals surface area contributed by atoms with E-state index in [-0.39, 0.29) is 11.4 Å². The van der Waals surface area contributed by atoms with Gasteiger partial charge in [0.05, 0.1) is 22.7 Å². The molecule has 0 aliphatic rings. The second-order valence-corrected chi connectivity index (χ2v) is 4.32. The molecule has 0 aromatic heterocycles. The van der Waals surface area contributed by atoms with Crippen LogP contribution in [-0.4, -0.2) is 30.3 Å². The van der Waals surface area contributed by atoms with Crippen LogP contribution in [0.25, 0.3) is 0 Å². The second kappa shape index (κ2) is 6.85. The lowest BCUT2D eigenvalue weighted by Crippen LogP contribution is -2.05. The van der Waals surface area contributed by atoms with Gasteiger partial charge in [-0.1, -0.05) is 6.07 Å². The van der Waals surface area contributed by atoms with E-state index >= 15 is 0 Å². The number of ether oxygens (including phenoxy) is 1. The molecule has 0 saturated carbocycles. The number of nitro groups is 1. The van der Waals surface area contributed by atoms with Crippen LogP contribution in [0.3, 0.4) is 0 Å². The van der Waals surface area contributed by atoms with Crippen molar-refractivity contribution in [2.45, 2.75) is 11.8 Å².